The van der Waals surface area contributed by atoms with Gasteiger partial charge in [-0.3, -0.25) is 9.59 Å². The summed E-state index contributed by atoms with van der Waals surface area (Å²) in [7, 11) is 0. The van der Waals surface area contributed by atoms with Crippen LogP contribution in [0.25, 0.3) is 10.8 Å². The van der Waals surface area contributed by atoms with Crippen molar-refractivity contribution in [2.45, 2.75) is 88.0 Å². The van der Waals surface area contributed by atoms with E-state index in [-0.39, 0.29) is 24.3 Å². The monoisotopic (exact) mass is 689 g/mol. The van der Waals surface area contributed by atoms with Crippen LogP contribution in [-0.4, -0.2) is 41.3 Å². The Kier molecular flexibility index (Phi) is 12.3. The van der Waals surface area contributed by atoms with Gasteiger partial charge in [0.05, 0.1) is 41.2 Å². The summed E-state index contributed by atoms with van der Waals surface area (Å²) in [4.78, 5) is 28.7. The normalized spacial score (nSPS) is 19.3. The molecule has 260 valence electrons. The van der Waals surface area contributed by atoms with Crippen molar-refractivity contribution >= 4 is 45.8 Å². The van der Waals surface area contributed by atoms with Crippen LogP contribution in [-0.2, 0) is 21.4 Å². The largest absolute Gasteiger partial charge is 0.481 e. The molecule has 0 amide bonds. The number of carboxylic acids is 2. The number of carbonyl (C=O) groups is 2. The van der Waals surface area contributed by atoms with Crippen LogP contribution >= 0.6 is 11.8 Å². The fourth-order valence-electron chi connectivity index (χ4n) is 7.44. The maximum atomic E-state index is 11.8. The van der Waals surface area contributed by atoms with Crippen LogP contribution in [0.4, 0.5) is 11.4 Å². The van der Waals surface area contributed by atoms with Crippen LogP contribution < -0.4 is 9.80 Å². The highest BCUT2D eigenvalue weighted by Gasteiger charge is 2.48. The SMILES string of the molecule is C=CCC1(CCCCCC)c2cc(CC)ccc2N(CCC(=O)O)C1/C=C/C(C#N)=C/C=C1\Sc2c(ccc3ccccc23)N1CCC(=O)O. The summed E-state index contributed by atoms with van der Waals surface area (Å²) >= 11 is 1.59. The van der Waals surface area contributed by atoms with Crippen molar-refractivity contribution in [1.29, 1.82) is 5.26 Å². The first-order valence-electron chi connectivity index (χ1n) is 17.7. The molecule has 8 heteroatoms. The van der Waals surface area contributed by atoms with Crippen LogP contribution in [0.1, 0.15) is 76.3 Å². The molecule has 50 heavy (non-hydrogen) atoms. The number of nitriles is 1. The van der Waals surface area contributed by atoms with Crippen molar-refractivity contribution in [3.05, 3.63) is 113 Å². The van der Waals surface area contributed by atoms with Gasteiger partial charge in [-0.25, -0.2) is 0 Å². The summed E-state index contributed by atoms with van der Waals surface area (Å²) in [5.41, 5.74) is 4.64. The number of allylic oxidation sites excluding steroid dienone is 5. The maximum Gasteiger partial charge on any atom is 0.305 e. The van der Waals surface area contributed by atoms with Gasteiger partial charge in [0.2, 0.25) is 0 Å². The Balaban J connectivity index is 1.54. The minimum Gasteiger partial charge on any atom is -0.481 e. The predicted molar refractivity (Wildman–Crippen MR) is 205 cm³/mol. The molecule has 0 radical (unpaired) electrons. The van der Waals surface area contributed by atoms with Gasteiger partial charge in [-0.05, 0) is 71.5 Å². The van der Waals surface area contributed by atoms with Crippen LogP contribution in [0.15, 0.2) is 107 Å². The molecule has 2 aliphatic heterocycles. The van der Waals surface area contributed by atoms with Crippen LogP contribution in [0, 0.1) is 11.3 Å². The lowest BCUT2D eigenvalue weighted by molar-refractivity contribution is -0.137. The molecule has 0 bridgehead atoms. The van der Waals surface area contributed by atoms with Crippen molar-refractivity contribution in [2.75, 3.05) is 22.9 Å². The third kappa shape index (κ3) is 7.84. The van der Waals surface area contributed by atoms with E-state index in [9.17, 15) is 25.1 Å². The van der Waals surface area contributed by atoms with Gasteiger partial charge >= 0.3 is 11.9 Å². The maximum absolute atomic E-state index is 11.8. The molecule has 2 heterocycles. The average Bonchev–Trinajstić information content (AvgIpc) is 3.60. The fourth-order valence-corrected chi connectivity index (χ4v) is 8.67. The van der Waals surface area contributed by atoms with Crippen molar-refractivity contribution < 1.29 is 19.8 Å². The van der Waals surface area contributed by atoms with Crippen molar-refractivity contribution in [3.63, 3.8) is 0 Å². The van der Waals surface area contributed by atoms with Gasteiger partial charge in [-0.1, -0.05) is 106 Å². The van der Waals surface area contributed by atoms with E-state index in [2.05, 4.69) is 73.9 Å². The summed E-state index contributed by atoms with van der Waals surface area (Å²) < 4.78 is 0. The first-order chi connectivity index (χ1) is 24.3. The van der Waals surface area contributed by atoms with E-state index in [4.69, 9.17) is 0 Å². The van der Waals surface area contributed by atoms with Gasteiger partial charge in [0, 0.05) is 29.1 Å². The number of aliphatic carboxylic acids is 2. The molecule has 3 aromatic carbocycles. The minimum absolute atomic E-state index is 0.00496. The molecule has 0 spiro atoms. The summed E-state index contributed by atoms with van der Waals surface area (Å²) in [6.45, 7) is 9.19. The highest BCUT2D eigenvalue weighted by atomic mass is 32.2. The Morgan fingerprint density at radius 2 is 1.76 bits per heavy atom. The number of thioether (sulfide) groups is 1. The smallest absolute Gasteiger partial charge is 0.305 e. The zero-order valence-corrected chi connectivity index (χ0v) is 29.9. The number of rotatable bonds is 17. The second kappa shape index (κ2) is 16.8. The second-order valence-electron chi connectivity index (χ2n) is 13.1. The quantitative estimate of drug-likeness (QED) is 0.0625. The molecule has 0 aromatic heterocycles. The fraction of sp³-hybridized carbons (Fsp3) is 0.357. The molecule has 3 aromatic rings. The molecule has 2 atom stereocenters. The van der Waals surface area contributed by atoms with Crippen LogP contribution in [0.2, 0.25) is 0 Å². The van der Waals surface area contributed by atoms with E-state index in [1.165, 1.54) is 11.1 Å². The number of nitrogens with zero attached hydrogens (tertiary/aromatic N) is 3. The van der Waals surface area contributed by atoms with E-state index in [1.54, 1.807) is 17.8 Å². The van der Waals surface area contributed by atoms with Crippen molar-refractivity contribution in [2.24, 2.45) is 0 Å². The summed E-state index contributed by atoms with van der Waals surface area (Å²) in [5, 5.41) is 32.6. The number of anilines is 2. The van der Waals surface area contributed by atoms with Gasteiger partial charge in [-0.2, -0.15) is 5.26 Å². The Morgan fingerprint density at radius 3 is 2.48 bits per heavy atom. The zero-order chi connectivity index (χ0) is 35.7. The highest BCUT2D eigenvalue weighted by molar-refractivity contribution is 8.04. The molecule has 7 nitrogen and oxygen atoms in total. The molecule has 0 aliphatic carbocycles. The number of hydrogen-bond donors (Lipinski definition) is 2. The molecule has 2 N–H and O–H groups in total. The molecule has 0 fully saturated rings. The predicted octanol–water partition coefficient (Wildman–Crippen LogP) is 9.78. The van der Waals surface area contributed by atoms with E-state index >= 15 is 0 Å². The number of benzene rings is 3. The lowest BCUT2D eigenvalue weighted by Crippen LogP contribution is -2.44. The van der Waals surface area contributed by atoms with E-state index < -0.39 is 11.9 Å². The first-order valence-corrected chi connectivity index (χ1v) is 18.5. The number of fused-ring (bicyclic) bond motifs is 4. The molecular weight excluding hydrogens is 643 g/mol. The van der Waals surface area contributed by atoms with Gasteiger partial charge < -0.3 is 20.0 Å². The average molecular weight is 690 g/mol. The number of aryl methyl sites for hydroxylation is 1. The molecule has 2 aliphatic rings. The third-order valence-corrected chi connectivity index (χ3v) is 11.1. The third-order valence-electron chi connectivity index (χ3n) is 9.93. The van der Waals surface area contributed by atoms with Gasteiger partial charge in [-0.15, -0.1) is 6.58 Å². The molecule has 0 saturated carbocycles. The van der Waals surface area contributed by atoms with Crippen molar-refractivity contribution in [3.8, 4) is 6.07 Å². The lowest BCUT2D eigenvalue weighted by atomic mass is 9.69. The van der Waals surface area contributed by atoms with E-state index in [0.717, 1.165) is 77.0 Å². The van der Waals surface area contributed by atoms with E-state index in [1.807, 2.05) is 41.3 Å². The van der Waals surface area contributed by atoms with Gasteiger partial charge in [0.25, 0.3) is 0 Å². The Labute approximate surface area is 300 Å². The second-order valence-corrected chi connectivity index (χ2v) is 14.1. The standard InChI is InChI=1S/C42H47N3O4S/c1-4-7-8-11-25-42(24-5-2)34-28-30(6-3)14-18-35(34)44(26-22-39(46)47)37(42)20-15-31(29-43)16-21-38-45(27-23-40(48)49)36-19-17-32-12-9-10-13-33(32)41(36)50-38/h5,9-10,12-21,28,37H,2,4,6-8,11,22-27H2,1,3H3,(H,46,47)(H,48,49)/b20-15+,31-16-,38-21-. The molecule has 2 unspecified atom stereocenters. The van der Waals surface area contributed by atoms with Crippen molar-refractivity contribution in [1.82, 2.24) is 0 Å². The minimum atomic E-state index is -0.867. The summed E-state index contributed by atoms with van der Waals surface area (Å²) in [6.07, 6.45) is 16.7. The molecule has 5 rings (SSSR count). The number of carboxylic acid groups (broad SMARTS) is 2. The number of hydrogen-bond acceptors (Lipinski definition) is 6. The van der Waals surface area contributed by atoms with E-state index in [0.29, 0.717) is 18.7 Å². The molecule has 0 saturated heterocycles. The number of unbranched alkanes of at least 4 members (excludes halogenated alkanes) is 3. The topological polar surface area (TPSA) is 105 Å². The first kappa shape index (κ1) is 36.5. The van der Waals surface area contributed by atoms with Crippen LogP contribution in [0.3, 0.4) is 0 Å². The summed E-state index contributed by atoms with van der Waals surface area (Å²) in [5.74, 6) is -1.71. The van der Waals surface area contributed by atoms with Gasteiger partial charge in [0.15, 0.2) is 0 Å². The van der Waals surface area contributed by atoms with Gasteiger partial charge in [0.1, 0.15) is 0 Å². The van der Waals surface area contributed by atoms with Crippen LogP contribution in [0.5, 0.6) is 0 Å². The Bertz CT molecular complexity index is 1870. The Morgan fingerprint density at radius 1 is 1.00 bits per heavy atom. The lowest BCUT2D eigenvalue weighted by Gasteiger charge is -2.38. The zero-order valence-electron chi connectivity index (χ0n) is 29.1. The summed E-state index contributed by atoms with van der Waals surface area (Å²) in [6, 6.07) is 21.0. The highest BCUT2D eigenvalue weighted by Crippen LogP contribution is 2.52. The Hall–Kier alpha value is -4.74. The molecular formula is C42H47N3O4S.